The number of nitrogens with two attached hydrogens (primary N) is 2. The fourth-order valence-corrected chi connectivity index (χ4v) is 6.06. The Hall–Kier alpha value is -3.74. The second kappa shape index (κ2) is 8.65. The van der Waals surface area contributed by atoms with Crippen molar-refractivity contribution in [3.05, 3.63) is 29.3 Å². The van der Waals surface area contributed by atoms with Crippen LogP contribution in [0, 0.1) is 0 Å². The van der Waals surface area contributed by atoms with Gasteiger partial charge in [0.25, 0.3) is 5.91 Å². The van der Waals surface area contributed by atoms with Gasteiger partial charge < -0.3 is 47.5 Å². The Labute approximate surface area is 220 Å². The molecule has 13 heteroatoms. The summed E-state index contributed by atoms with van der Waals surface area (Å²) in [6, 6.07) is 3.59. The number of aliphatic imine (C=N–C) groups is 2. The van der Waals surface area contributed by atoms with Crippen molar-refractivity contribution in [3.63, 3.8) is 0 Å². The number of guanidine groups is 2. The molecule has 2 fully saturated rings. The van der Waals surface area contributed by atoms with Crippen LogP contribution in [0.15, 0.2) is 28.2 Å². The third-order valence-corrected chi connectivity index (χ3v) is 8.32. The minimum atomic E-state index is -1.21. The number of aliphatic hydroxyl groups is 1. The van der Waals surface area contributed by atoms with Gasteiger partial charge in [-0.05, 0) is 30.7 Å². The number of carbonyl (C=O) groups excluding carboxylic acids is 2. The van der Waals surface area contributed by atoms with E-state index in [1.54, 1.807) is 11.0 Å². The fourth-order valence-electron chi connectivity index (χ4n) is 6.06. The Morgan fingerprint density at radius 3 is 2.79 bits per heavy atom. The summed E-state index contributed by atoms with van der Waals surface area (Å²) in [6.07, 6.45) is 1.68. The first-order chi connectivity index (χ1) is 18.1. The Kier molecular flexibility index (Phi) is 5.60. The van der Waals surface area contributed by atoms with Crippen LogP contribution in [0.3, 0.4) is 0 Å². The smallest absolute Gasteiger partial charge is 0.315 e. The zero-order chi connectivity index (χ0) is 26.8. The molecular weight excluding hydrogens is 490 g/mol. The summed E-state index contributed by atoms with van der Waals surface area (Å²) < 4.78 is 5.92. The zero-order valence-electron chi connectivity index (χ0n) is 21.5. The number of hydrogen-bond acceptors (Lipinski definition) is 10. The van der Waals surface area contributed by atoms with Crippen LogP contribution in [-0.4, -0.2) is 89.5 Å². The first kappa shape index (κ1) is 24.6. The largest absolute Gasteiger partial charge is 0.492 e. The molecule has 3 amide bonds. The molecule has 3 unspecified atom stereocenters. The Morgan fingerprint density at radius 2 is 2.03 bits per heavy atom. The van der Waals surface area contributed by atoms with Crippen molar-refractivity contribution in [1.29, 1.82) is 0 Å². The molecule has 0 bridgehead atoms. The number of urea groups is 1. The molecule has 13 nitrogen and oxygen atoms in total. The second-order valence-electron chi connectivity index (χ2n) is 11.4. The van der Waals surface area contributed by atoms with Crippen molar-refractivity contribution in [3.8, 4) is 5.75 Å². The number of para-hydroxylation sites is 1. The molecule has 5 aliphatic rings. The van der Waals surface area contributed by atoms with E-state index in [0.29, 0.717) is 17.9 Å². The van der Waals surface area contributed by atoms with Crippen LogP contribution in [0.1, 0.15) is 49.0 Å². The Bertz CT molecular complexity index is 1230. The predicted molar refractivity (Wildman–Crippen MR) is 140 cm³/mol. The molecular formula is C25H35N9O4. The predicted octanol–water partition coefficient (Wildman–Crippen LogP) is -1.34. The van der Waals surface area contributed by atoms with Gasteiger partial charge >= 0.3 is 6.03 Å². The highest BCUT2D eigenvalue weighted by Gasteiger charge is 2.65. The Balaban J connectivity index is 1.22. The van der Waals surface area contributed by atoms with Crippen LogP contribution in [0.25, 0.3) is 0 Å². The van der Waals surface area contributed by atoms with Crippen LogP contribution >= 0.6 is 0 Å². The lowest BCUT2D eigenvalue weighted by Crippen LogP contribution is -2.73. The molecule has 1 aliphatic carbocycles. The minimum Gasteiger partial charge on any atom is -0.492 e. The minimum absolute atomic E-state index is 0.115. The number of hydrogen-bond donors (Lipinski definition) is 7. The first-order valence-electron chi connectivity index (χ1n) is 13.1. The SMILES string of the molecule is CC1(C)CCOc2c(C(=O)NC3CN4C(N)=N[C@@H](CNC(=O)NC5CC5)C5N=C(N)NC54[C@@H]3O)cccc21. The summed E-state index contributed by atoms with van der Waals surface area (Å²) in [5.74, 6) is 0.529. The topological polar surface area (TPSA) is 192 Å². The molecule has 6 rings (SSSR count). The zero-order valence-corrected chi connectivity index (χ0v) is 21.5. The maximum absolute atomic E-state index is 13.5. The molecule has 5 atom stereocenters. The van der Waals surface area contributed by atoms with Crippen molar-refractivity contribution in [2.45, 2.75) is 74.5 Å². The van der Waals surface area contributed by atoms with Gasteiger partial charge in [-0.25, -0.2) is 14.8 Å². The van der Waals surface area contributed by atoms with E-state index < -0.39 is 29.9 Å². The fraction of sp³-hybridized carbons (Fsp3) is 0.600. The number of carbonyl (C=O) groups is 2. The van der Waals surface area contributed by atoms with E-state index in [2.05, 4.69) is 45.1 Å². The number of benzene rings is 1. The van der Waals surface area contributed by atoms with Gasteiger partial charge in [0, 0.05) is 24.7 Å². The molecule has 0 aromatic heterocycles. The number of fused-ring (bicyclic) bond motifs is 1. The molecule has 1 aromatic carbocycles. The summed E-state index contributed by atoms with van der Waals surface area (Å²) in [6.45, 7) is 5.14. The van der Waals surface area contributed by atoms with Gasteiger partial charge in [0.05, 0.1) is 24.3 Å². The van der Waals surface area contributed by atoms with Crippen LogP contribution < -0.4 is 37.5 Å². The first-order valence-corrected chi connectivity index (χ1v) is 13.1. The lowest BCUT2D eigenvalue weighted by atomic mass is 9.79. The van der Waals surface area contributed by atoms with Crippen LogP contribution in [0.5, 0.6) is 5.75 Å². The average Bonchev–Trinajstić information content (AvgIpc) is 3.54. The van der Waals surface area contributed by atoms with Gasteiger partial charge in [-0.3, -0.25) is 4.79 Å². The van der Waals surface area contributed by atoms with Gasteiger partial charge in [0.1, 0.15) is 17.9 Å². The number of nitrogens with zero attached hydrogens (tertiary/aromatic N) is 3. The number of rotatable bonds is 5. The molecule has 204 valence electrons. The van der Waals surface area contributed by atoms with Crippen LogP contribution in [0.2, 0.25) is 0 Å². The van der Waals surface area contributed by atoms with E-state index in [9.17, 15) is 14.7 Å². The van der Waals surface area contributed by atoms with Crippen molar-refractivity contribution < 1.29 is 19.4 Å². The van der Waals surface area contributed by atoms with E-state index in [-0.39, 0.29) is 48.4 Å². The van der Waals surface area contributed by atoms with Crippen LogP contribution in [0.4, 0.5) is 4.79 Å². The van der Waals surface area contributed by atoms with Crippen molar-refractivity contribution >= 4 is 23.9 Å². The van der Waals surface area contributed by atoms with E-state index in [1.807, 2.05) is 12.1 Å². The van der Waals surface area contributed by atoms with Gasteiger partial charge in [0.2, 0.25) is 0 Å². The van der Waals surface area contributed by atoms with Gasteiger partial charge in [-0.1, -0.05) is 26.0 Å². The molecule has 1 aromatic rings. The molecule has 38 heavy (non-hydrogen) atoms. The van der Waals surface area contributed by atoms with Crippen molar-refractivity contribution in [2.75, 3.05) is 19.7 Å². The van der Waals surface area contributed by atoms with E-state index in [1.165, 1.54) is 0 Å². The Morgan fingerprint density at radius 1 is 1.24 bits per heavy atom. The highest BCUT2D eigenvalue weighted by molar-refractivity contribution is 5.98. The standard InChI is InChI=1S/C25H35N9O4/c1-24(2)8-9-38-17-13(4-3-5-14(17)24)20(36)30-16-11-34-22(27)31-15(10-28-23(37)29-12-6-7-12)18-25(34,19(16)35)33-21(26)32-18/h3-5,12,15-16,18-19,35H,6-11H2,1-2H3,(H2,27,31)(H,30,36)(H3,26,32,33)(H2,28,29,37)/t15-,16?,18?,19+,25?/m0/s1. The lowest BCUT2D eigenvalue weighted by molar-refractivity contribution is 0.0145. The molecule has 0 radical (unpaired) electrons. The van der Waals surface area contributed by atoms with E-state index in [0.717, 1.165) is 24.8 Å². The third-order valence-electron chi connectivity index (χ3n) is 8.32. The maximum Gasteiger partial charge on any atom is 0.315 e. The monoisotopic (exact) mass is 525 g/mol. The summed E-state index contributed by atoms with van der Waals surface area (Å²) in [7, 11) is 0. The highest BCUT2D eigenvalue weighted by atomic mass is 16.5. The van der Waals surface area contributed by atoms with E-state index in [4.69, 9.17) is 16.2 Å². The number of aliphatic hydroxyl groups excluding tert-OH is 1. The highest BCUT2D eigenvalue weighted by Crippen LogP contribution is 2.42. The molecule has 4 aliphatic heterocycles. The van der Waals surface area contributed by atoms with Gasteiger partial charge in [-0.2, -0.15) is 0 Å². The van der Waals surface area contributed by atoms with Gasteiger partial charge in [0.15, 0.2) is 17.6 Å². The van der Waals surface area contributed by atoms with Gasteiger partial charge in [-0.15, -0.1) is 0 Å². The second-order valence-corrected chi connectivity index (χ2v) is 11.4. The number of nitrogens with one attached hydrogen (secondary N) is 4. The molecule has 4 heterocycles. The van der Waals surface area contributed by atoms with Crippen LogP contribution in [-0.2, 0) is 5.41 Å². The molecule has 1 saturated carbocycles. The summed E-state index contributed by atoms with van der Waals surface area (Å²) in [4.78, 5) is 36.5. The summed E-state index contributed by atoms with van der Waals surface area (Å²) in [5, 5.41) is 23.4. The van der Waals surface area contributed by atoms with E-state index >= 15 is 0 Å². The lowest BCUT2D eigenvalue weighted by Gasteiger charge is -2.46. The van der Waals surface area contributed by atoms with Crippen molar-refractivity contribution in [1.82, 2.24) is 26.2 Å². The quantitative estimate of drug-likeness (QED) is 0.246. The number of amides is 3. The molecule has 9 N–H and O–H groups in total. The molecule has 1 spiro atoms. The van der Waals surface area contributed by atoms with Crippen molar-refractivity contribution in [2.24, 2.45) is 21.5 Å². The molecule has 1 saturated heterocycles. The third kappa shape index (κ3) is 3.87. The summed E-state index contributed by atoms with van der Waals surface area (Å²) in [5.41, 5.74) is 12.5. The number of ether oxygens (including phenoxy) is 1. The summed E-state index contributed by atoms with van der Waals surface area (Å²) >= 11 is 0. The maximum atomic E-state index is 13.5. The normalized spacial score (nSPS) is 32.4. The average molecular weight is 526 g/mol.